The Kier molecular flexibility index (Phi) is 4.12. The average molecular weight is 487 g/mol. The molecule has 0 fully saturated rings. The molecule has 7 heteroatoms. The van der Waals surface area contributed by atoms with Crippen molar-refractivity contribution in [3.8, 4) is 10.8 Å². The average Bonchev–Trinajstić information content (AvgIpc) is 2.67. The smallest absolute Gasteiger partial charge is 0.264 e. The number of hydrogen-bond acceptors (Lipinski definition) is 4. The standard InChI is InChI=1S/C11H11I2N3OS/c1-11(2,3)7-6(13)9(17)16-8(15-7)10-14-4-5(12)18-10/h4H,1-3H3,(H,15,16,17). The first-order chi connectivity index (χ1) is 8.29. The van der Waals surface area contributed by atoms with Crippen molar-refractivity contribution in [3.05, 3.63) is 28.7 Å². The molecule has 0 aromatic carbocycles. The summed E-state index contributed by atoms with van der Waals surface area (Å²) < 4.78 is 1.72. The molecule has 0 atom stereocenters. The first kappa shape index (κ1) is 14.4. The molecular weight excluding hydrogens is 476 g/mol. The van der Waals surface area contributed by atoms with Crippen LogP contribution in [0.5, 0.6) is 0 Å². The van der Waals surface area contributed by atoms with Crippen molar-refractivity contribution in [1.82, 2.24) is 15.0 Å². The molecule has 0 unspecified atom stereocenters. The number of aromatic amines is 1. The van der Waals surface area contributed by atoms with Crippen molar-refractivity contribution in [2.45, 2.75) is 26.2 Å². The predicted octanol–water partition coefficient (Wildman–Crippen LogP) is 3.40. The summed E-state index contributed by atoms with van der Waals surface area (Å²) in [6.45, 7) is 6.14. The molecule has 2 aromatic heterocycles. The lowest BCUT2D eigenvalue weighted by Crippen LogP contribution is -2.24. The first-order valence-corrected chi connectivity index (χ1v) is 8.18. The van der Waals surface area contributed by atoms with E-state index in [1.54, 1.807) is 6.20 Å². The van der Waals surface area contributed by atoms with Gasteiger partial charge in [-0.3, -0.25) is 4.79 Å². The second-order valence-corrected chi connectivity index (χ2v) is 8.80. The normalized spacial score (nSPS) is 11.8. The fraction of sp³-hybridized carbons (Fsp3) is 0.364. The fourth-order valence-electron chi connectivity index (χ4n) is 1.42. The molecule has 0 saturated carbocycles. The maximum absolute atomic E-state index is 12.0. The van der Waals surface area contributed by atoms with Crippen molar-refractivity contribution in [1.29, 1.82) is 0 Å². The molecule has 0 bridgehead atoms. The third-order valence-electron chi connectivity index (χ3n) is 2.25. The highest BCUT2D eigenvalue weighted by molar-refractivity contribution is 14.1. The van der Waals surface area contributed by atoms with E-state index < -0.39 is 0 Å². The van der Waals surface area contributed by atoms with Gasteiger partial charge in [-0.05, 0) is 45.2 Å². The Morgan fingerprint density at radius 3 is 2.50 bits per heavy atom. The number of nitrogens with zero attached hydrogens (tertiary/aromatic N) is 2. The van der Waals surface area contributed by atoms with Crippen LogP contribution < -0.4 is 5.56 Å². The number of H-pyrrole nitrogens is 1. The summed E-state index contributed by atoms with van der Waals surface area (Å²) in [4.78, 5) is 23.6. The molecule has 0 radical (unpaired) electrons. The van der Waals surface area contributed by atoms with Crippen LogP contribution in [-0.4, -0.2) is 15.0 Å². The zero-order valence-corrected chi connectivity index (χ0v) is 15.2. The summed E-state index contributed by atoms with van der Waals surface area (Å²) in [5.41, 5.74) is 0.548. The largest absolute Gasteiger partial charge is 0.304 e. The SMILES string of the molecule is CC(C)(C)c1nc(-c2ncc(I)s2)[nH]c(=O)c1I. The quantitative estimate of drug-likeness (QED) is 0.628. The molecule has 2 aromatic rings. The highest BCUT2D eigenvalue weighted by Crippen LogP contribution is 2.27. The molecule has 2 heterocycles. The number of rotatable bonds is 1. The van der Waals surface area contributed by atoms with Crippen LogP contribution in [0.1, 0.15) is 26.5 Å². The van der Waals surface area contributed by atoms with Crippen molar-refractivity contribution in [2.75, 3.05) is 0 Å². The van der Waals surface area contributed by atoms with Gasteiger partial charge in [-0.2, -0.15) is 0 Å². The van der Waals surface area contributed by atoms with Gasteiger partial charge in [-0.15, -0.1) is 11.3 Å². The van der Waals surface area contributed by atoms with E-state index in [-0.39, 0.29) is 11.0 Å². The van der Waals surface area contributed by atoms with Gasteiger partial charge in [0.15, 0.2) is 10.8 Å². The summed E-state index contributed by atoms with van der Waals surface area (Å²) in [6.07, 6.45) is 1.77. The fourth-order valence-corrected chi connectivity index (χ4v) is 3.84. The van der Waals surface area contributed by atoms with Gasteiger partial charge in [0.25, 0.3) is 5.56 Å². The van der Waals surface area contributed by atoms with Gasteiger partial charge in [0.2, 0.25) is 0 Å². The van der Waals surface area contributed by atoms with E-state index in [1.807, 2.05) is 43.4 Å². The maximum Gasteiger partial charge on any atom is 0.264 e. The van der Waals surface area contributed by atoms with Gasteiger partial charge in [0.05, 0.1) is 14.8 Å². The molecule has 0 spiro atoms. The van der Waals surface area contributed by atoms with E-state index in [1.165, 1.54) is 11.3 Å². The van der Waals surface area contributed by atoms with Gasteiger partial charge in [-0.25, -0.2) is 9.97 Å². The Labute approximate surface area is 136 Å². The van der Waals surface area contributed by atoms with Crippen LogP contribution in [0.4, 0.5) is 0 Å². The molecule has 96 valence electrons. The van der Waals surface area contributed by atoms with Gasteiger partial charge in [0.1, 0.15) is 3.57 Å². The molecular formula is C11H11I2N3OS. The molecule has 18 heavy (non-hydrogen) atoms. The Balaban J connectivity index is 2.65. The lowest BCUT2D eigenvalue weighted by Gasteiger charge is -2.19. The summed E-state index contributed by atoms with van der Waals surface area (Å²) in [6, 6.07) is 0. The second kappa shape index (κ2) is 5.16. The third-order valence-corrected chi connectivity index (χ3v) is 4.99. The Bertz CT molecular complexity index is 642. The molecule has 0 aliphatic rings. The van der Waals surface area contributed by atoms with E-state index in [9.17, 15) is 4.79 Å². The Hall–Kier alpha value is -0.0300. The molecule has 0 amide bonds. The summed E-state index contributed by atoms with van der Waals surface area (Å²) in [5, 5.41) is 0.749. The van der Waals surface area contributed by atoms with Crippen LogP contribution in [-0.2, 0) is 5.41 Å². The third kappa shape index (κ3) is 2.93. The van der Waals surface area contributed by atoms with Crippen molar-refractivity contribution >= 4 is 56.5 Å². The van der Waals surface area contributed by atoms with E-state index in [0.29, 0.717) is 9.39 Å². The zero-order chi connectivity index (χ0) is 13.5. The number of hydrogen-bond donors (Lipinski definition) is 1. The molecule has 0 saturated heterocycles. The number of thiazole rings is 1. The number of nitrogens with one attached hydrogen (secondary N) is 1. The van der Waals surface area contributed by atoms with Crippen molar-refractivity contribution in [2.24, 2.45) is 0 Å². The number of halogens is 2. The molecule has 0 aliphatic heterocycles. The zero-order valence-electron chi connectivity index (χ0n) is 10.0. The Morgan fingerprint density at radius 1 is 1.33 bits per heavy atom. The van der Waals surface area contributed by atoms with Gasteiger partial charge < -0.3 is 4.98 Å². The Morgan fingerprint density at radius 2 is 2.00 bits per heavy atom. The lowest BCUT2D eigenvalue weighted by molar-refractivity contribution is 0.562. The monoisotopic (exact) mass is 487 g/mol. The molecule has 1 N–H and O–H groups in total. The van der Waals surface area contributed by atoms with E-state index in [2.05, 4.69) is 37.5 Å². The topological polar surface area (TPSA) is 58.6 Å². The van der Waals surface area contributed by atoms with E-state index in [4.69, 9.17) is 0 Å². The number of aromatic nitrogens is 3. The molecule has 4 nitrogen and oxygen atoms in total. The van der Waals surface area contributed by atoms with Crippen LogP contribution in [0.3, 0.4) is 0 Å². The first-order valence-electron chi connectivity index (χ1n) is 5.21. The van der Waals surface area contributed by atoms with Crippen molar-refractivity contribution < 1.29 is 0 Å². The second-order valence-electron chi connectivity index (χ2n) is 4.80. The summed E-state index contributed by atoms with van der Waals surface area (Å²) >= 11 is 5.76. The molecule has 2 rings (SSSR count). The van der Waals surface area contributed by atoms with Gasteiger partial charge >= 0.3 is 0 Å². The van der Waals surface area contributed by atoms with Crippen LogP contribution in [0.25, 0.3) is 10.8 Å². The minimum atomic E-state index is -0.163. The lowest BCUT2D eigenvalue weighted by atomic mass is 9.92. The summed E-state index contributed by atoms with van der Waals surface area (Å²) in [5.74, 6) is 0.554. The van der Waals surface area contributed by atoms with Gasteiger partial charge in [-0.1, -0.05) is 20.8 Å². The van der Waals surface area contributed by atoms with E-state index >= 15 is 0 Å². The van der Waals surface area contributed by atoms with E-state index in [0.717, 1.165) is 13.6 Å². The van der Waals surface area contributed by atoms with Gasteiger partial charge in [0, 0.05) is 5.41 Å². The molecule has 0 aliphatic carbocycles. The summed E-state index contributed by atoms with van der Waals surface area (Å²) in [7, 11) is 0. The minimum absolute atomic E-state index is 0.101. The van der Waals surface area contributed by atoms with Crippen molar-refractivity contribution in [3.63, 3.8) is 0 Å². The van der Waals surface area contributed by atoms with Crippen LogP contribution in [0.2, 0.25) is 0 Å². The van der Waals surface area contributed by atoms with Crippen LogP contribution in [0.15, 0.2) is 11.0 Å². The van der Waals surface area contributed by atoms with Crippen LogP contribution >= 0.6 is 56.5 Å². The predicted molar refractivity (Wildman–Crippen MR) is 90.1 cm³/mol. The van der Waals surface area contributed by atoms with Crippen LogP contribution in [0, 0.1) is 6.45 Å². The maximum atomic E-state index is 12.0. The highest BCUT2D eigenvalue weighted by Gasteiger charge is 2.22. The highest BCUT2D eigenvalue weighted by atomic mass is 127. The minimum Gasteiger partial charge on any atom is -0.304 e.